The molecule has 1 aromatic carbocycles. The maximum absolute atomic E-state index is 12.3. The molecule has 1 fully saturated rings. The van der Waals surface area contributed by atoms with Gasteiger partial charge in [-0.2, -0.15) is 0 Å². The average molecular weight is 317 g/mol. The van der Waals surface area contributed by atoms with Gasteiger partial charge < -0.3 is 14.4 Å². The summed E-state index contributed by atoms with van der Waals surface area (Å²) < 4.78 is 10.5. The highest BCUT2D eigenvalue weighted by Crippen LogP contribution is 2.36. The molecule has 1 atom stereocenters. The summed E-state index contributed by atoms with van der Waals surface area (Å²) in [7, 11) is 0. The van der Waals surface area contributed by atoms with Crippen LogP contribution >= 0.6 is 0 Å². The molecule has 1 heterocycles. The first kappa shape index (κ1) is 17.1. The van der Waals surface area contributed by atoms with Crippen molar-refractivity contribution < 1.29 is 19.1 Å². The van der Waals surface area contributed by atoms with Crippen molar-refractivity contribution in [1.29, 1.82) is 0 Å². The highest BCUT2D eigenvalue weighted by atomic mass is 16.6. The minimum absolute atomic E-state index is 0.226. The first-order valence-electron chi connectivity index (χ1n) is 7.85. The van der Waals surface area contributed by atoms with E-state index < -0.39 is 11.5 Å². The molecule has 1 unspecified atom stereocenters. The Kier molecular flexibility index (Phi) is 5.79. The summed E-state index contributed by atoms with van der Waals surface area (Å²) in [5.74, 6) is -0.266. The molecule has 0 saturated carbocycles. The molecule has 0 spiro atoms. The first-order chi connectivity index (χ1) is 11.1. The predicted octanol–water partition coefficient (Wildman–Crippen LogP) is 3.15. The monoisotopic (exact) mass is 317 g/mol. The molecule has 0 radical (unpaired) electrons. The molecule has 0 bridgehead atoms. The molecule has 0 aromatic heterocycles. The van der Waals surface area contributed by atoms with E-state index in [2.05, 4.69) is 6.58 Å². The maximum atomic E-state index is 12.3. The number of hydrogen-bond acceptors (Lipinski definition) is 4. The summed E-state index contributed by atoms with van der Waals surface area (Å²) in [4.78, 5) is 26.0. The Hall–Kier alpha value is -2.30. The summed E-state index contributed by atoms with van der Waals surface area (Å²) in [6.07, 6.45) is 2.37. The Morgan fingerprint density at radius 3 is 2.70 bits per heavy atom. The molecular weight excluding hydrogens is 294 g/mol. The molecule has 2 rings (SSSR count). The lowest BCUT2D eigenvalue weighted by Gasteiger charge is -2.25. The van der Waals surface area contributed by atoms with Gasteiger partial charge in [-0.25, -0.2) is 4.79 Å². The topological polar surface area (TPSA) is 55.8 Å². The Morgan fingerprint density at radius 1 is 1.30 bits per heavy atom. The number of likely N-dealkylation sites (tertiary alicyclic amines) is 1. The normalized spacial score (nSPS) is 20.1. The molecule has 1 aliphatic heterocycles. The highest BCUT2D eigenvalue weighted by molar-refractivity contribution is 5.79. The quantitative estimate of drug-likeness (QED) is 0.597. The van der Waals surface area contributed by atoms with Crippen molar-refractivity contribution in [2.24, 2.45) is 5.41 Å². The minimum atomic E-state index is -0.691. The zero-order chi connectivity index (χ0) is 16.7. The van der Waals surface area contributed by atoms with Gasteiger partial charge in [-0.3, -0.25) is 4.79 Å². The van der Waals surface area contributed by atoms with Gasteiger partial charge in [0.15, 0.2) is 0 Å². The average Bonchev–Trinajstić information content (AvgIpc) is 3.00. The molecule has 1 saturated heterocycles. The number of allylic oxidation sites excluding steroid dienone is 1. The first-order valence-corrected chi connectivity index (χ1v) is 7.85. The van der Waals surface area contributed by atoms with Crippen LogP contribution in [-0.4, -0.2) is 36.7 Å². The van der Waals surface area contributed by atoms with Crippen molar-refractivity contribution in [3.63, 3.8) is 0 Å². The Bertz CT molecular complexity index is 557. The van der Waals surface area contributed by atoms with E-state index >= 15 is 0 Å². The highest BCUT2D eigenvalue weighted by Gasteiger charge is 2.46. The van der Waals surface area contributed by atoms with Crippen LogP contribution < -0.4 is 0 Å². The van der Waals surface area contributed by atoms with Crippen molar-refractivity contribution >= 4 is 12.1 Å². The number of esters is 1. The fourth-order valence-corrected chi connectivity index (χ4v) is 2.82. The van der Waals surface area contributed by atoms with Crippen LogP contribution in [0.4, 0.5) is 4.79 Å². The lowest BCUT2D eigenvalue weighted by Crippen LogP contribution is -2.38. The van der Waals surface area contributed by atoms with Crippen LogP contribution in [-0.2, 0) is 20.9 Å². The van der Waals surface area contributed by atoms with Gasteiger partial charge >= 0.3 is 12.1 Å². The molecule has 1 amide bonds. The van der Waals surface area contributed by atoms with Gasteiger partial charge in [-0.1, -0.05) is 36.4 Å². The third-order valence-electron chi connectivity index (χ3n) is 4.06. The van der Waals surface area contributed by atoms with Crippen molar-refractivity contribution in [3.8, 4) is 0 Å². The Labute approximate surface area is 136 Å². The minimum Gasteiger partial charge on any atom is -0.466 e. The smallest absolute Gasteiger partial charge is 0.410 e. The number of amides is 1. The van der Waals surface area contributed by atoms with Crippen LogP contribution in [0.25, 0.3) is 0 Å². The van der Waals surface area contributed by atoms with E-state index in [4.69, 9.17) is 9.47 Å². The molecule has 0 aliphatic carbocycles. The number of benzene rings is 1. The van der Waals surface area contributed by atoms with Crippen LogP contribution in [0.15, 0.2) is 43.0 Å². The van der Waals surface area contributed by atoms with Crippen molar-refractivity contribution in [2.75, 3.05) is 19.7 Å². The van der Waals surface area contributed by atoms with E-state index in [0.717, 1.165) is 5.56 Å². The van der Waals surface area contributed by atoms with Crippen LogP contribution in [0.5, 0.6) is 0 Å². The fourth-order valence-electron chi connectivity index (χ4n) is 2.82. The van der Waals surface area contributed by atoms with E-state index in [9.17, 15) is 9.59 Å². The number of nitrogens with zero attached hydrogens (tertiary/aromatic N) is 1. The Morgan fingerprint density at radius 2 is 2.04 bits per heavy atom. The number of rotatable bonds is 6. The van der Waals surface area contributed by atoms with E-state index in [1.807, 2.05) is 30.3 Å². The Balaban J connectivity index is 1.95. The van der Waals surface area contributed by atoms with Gasteiger partial charge in [0, 0.05) is 13.1 Å². The second-order valence-electron chi connectivity index (χ2n) is 5.71. The predicted molar refractivity (Wildman–Crippen MR) is 86.7 cm³/mol. The third-order valence-corrected chi connectivity index (χ3v) is 4.06. The molecule has 124 valence electrons. The second kappa shape index (κ2) is 7.81. The van der Waals surface area contributed by atoms with Gasteiger partial charge in [0.1, 0.15) is 6.61 Å². The molecule has 1 aromatic rings. The van der Waals surface area contributed by atoms with Gasteiger partial charge in [0.05, 0.1) is 12.0 Å². The van der Waals surface area contributed by atoms with E-state index in [-0.39, 0.29) is 12.6 Å². The maximum Gasteiger partial charge on any atom is 0.410 e. The lowest BCUT2D eigenvalue weighted by atomic mass is 9.83. The largest absolute Gasteiger partial charge is 0.466 e. The lowest BCUT2D eigenvalue weighted by molar-refractivity contribution is -0.154. The van der Waals surface area contributed by atoms with E-state index in [1.165, 1.54) is 0 Å². The van der Waals surface area contributed by atoms with Crippen LogP contribution in [0, 0.1) is 5.41 Å². The SMILES string of the molecule is C=CCC1(C(=O)OCC)CCN(C(=O)OCc2ccccc2)C1. The molecule has 0 N–H and O–H groups in total. The number of carbonyl (C=O) groups excluding carboxylic acids is 2. The number of hydrogen-bond donors (Lipinski definition) is 0. The van der Waals surface area contributed by atoms with Crippen molar-refractivity contribution in [1.82, 2.24) is 4.90 Å². The zero-order valence-electron chi connectivity index (χ0n) is 13.5. The molecule has 23 heavy (non-hydrogen) atoms. The molecule has 1 aliphatic rings. The zero-order valence-corrected chi connectivity index (χ0v) is 13.5. The fraction of sp³-hybridized carbons (Fsp3) is 0.444. The van der Waals surface area contributed by atoms with Crippen LogP contribution in [0.3, 0.4) is 0 Å². The second-order valence-corrected chi connectivity index (χ2v) is 5.71. The van der Waals surface area contributed by atoms with Crippen LogP contribution in [0.1, 0.15) is 25.3 Å². The molecular formula is C18H23NO4. The van der Waals surface area contributed by atoms with Gasteiger partial charge in [-0.15, -0.1) is 6.58 Å². The van der Waals surface area contributed by atoms with Gasteiger partial charge in [0.2, 0.25) is 0 Å². The standard InChI is InChI=1S/C18H23NO4/c1-3-10-18(16(20)22-4-2)11-12-19(14-18)17(21)23-13-15-8-6-5-7-9-15/h3,5-9H,1,4,10-14H2,2H3. The summed E-state index contributed by atoms with van der Waals surface area (Å²) in [6.45, 7) is 6.85. The van der Waals surface area contributed by atoms with E-state index in [0.29, 0.717) is 32.5 Å². The van der Waals surface area contributed by atoms with Crippen molar-refractivity contribution in [3.05, 3.63) is 48.6 Å². The molecule has 5 nitrogen and oxygen atoms in total. The summed E-state index contributed by atoms with van der Waals surface area (Å²) in [5.41, 5.74) is 0.242. The molecule has 5 heteroatoms. The summed E-state index contributed by atoms with van der Waals surface area (Å²) >= 11 is 0. The van der Waals surface area contributed by atoms with E-state index in [1.54, 1.807) is 17.9 Å². The summed E-state index contributed by atoms with van der Waals surface area (Å²) in [6, 6.07) is 9.51. The van der Waals surface area contributed by atoms with Crippen LogP contribution in [0.2, 0.25) is 0 Å². The summed E-state index contributed by atoms with van der Waals surface area (Å²) in [5, 5.41) is 0. The third kappa shape index (κ3) is 4.12. The van der Waals surface area contributed by atoms with Crippen molar-refractivity contribution in [2.45, 2.75) is 26.4 Å². The van der Waals surface area contributed by atoms with Gasteiger partial charge in [-0.05, 0) is 25.3 Å². The van der Waals surface area contributed by atoms with Gasteiger partial charge in [0.25, 0.3) is 0 Å². The number of ether oxygens (including phenoxy) is 2. The number of carbonyl (C=O) groups is 2.